The highest BCUT2D eigenvalue weighted by molar-refractivity contribution is 9.10. The third-order valence-corrected chi connectivity index (χ3v) is 5.91. The standard InChI is InChI=1S/C19H23BrN2S2/c1-14-6-3-4-7-16(14)13-24-11-5-10-21-19(23)22-17-8-9-18(20)15(2)12-17/h3-4,6-9,12H,5,10-11,13H2,1-2H3,(H2,21,22,23). The Morgan fingerprint density at radius 1 is 1.12 bits per heavy atom. The molecule has 0 unspecified atom stereocenters. The van der Waals surface area contributed by atoms with Gasteiger partial charge in [-0.2, -0.15) is 11.8 Å². The monoisotopic (exact) mass is 422 g/mol. The van der Waals surface area contributed by atoms with Gasteiger partial charge in [-0.15, -0.1) is 0 Å². The molecule has 0 saturated carbocycles. The van der Waals surface area contributed by atoms with E-state index >= 15 is 0 Å². The average molecular weight is 423 g/mol. The number of hydrogen-bond donors (Lipinski definition) is 2. The van der Waals surface area contributed by atoms with E-state index in [-0.39, 0.29) is 0 Å². The molecule has 0 bridgehead atoms. The minimum atomic E-state index is 0.681. The predicted molar refractivity (Wildman–Crippen MR) is 115 cm³/mol. The minimum Gasteiger partial charge on any atom is -0.362 e. The van der Waals surface area contributed by atoms with Crippen LogP contribution >= 0.6 is 39.9 Å². The first-order chi connectivity index (χ1) is 11.6. The largest absolute Gasteiger partial charge is 0.362 e. The van der Waals surface area contributed by atoms with Gasteiger partial charge >= 0.3 is 0 Å². The zero-order chi connectivity index (χ0) is 17.4. The van der Waals surface area contributed by atoms with Crippen LogP contribution in [0.15, 0.2) is 46.9 Å². The molecule has 24 heavy (non-hydrogen) atoms. The van der Waals surface area contributed by atoms with E-state index in [0.717, 1.165) is 34.6 Å². The van der Waals surface area contributed by atoms with Crippen molar-refractivity contribution in [3.8, 4) is 0 Å². The maximum Gasteiger partial charge on any atom is 0.170 e. The number of benzene rings is 2. The van der Waals surface area contributed by atoms with Crippen LogP contribution in [0.1, 0.15) is 23.1 Å². The first-order valence-electron chi connectivity index (χ1n) is 7.99. The summed E-state index contributed by atoms with van der Waals surface area (Å²) in [4.78, 5) is 0. The molecule has 5 heteroatoms. The Morgan fingerprint density at radius 2 is 1.92 bits per heavy atom. The zero-order valence-electron chi connectivity index (χ0n) is 14.1. The van der Waals surface area contributed by atoms with Crippen LogP contribution in [-0.4, -0.2) is 17.4 Å². The van der Waals surface area contributed by atoms with Crippen molar-refractivity contribution in [2.24, 2.45) is 0 Å². The summed E-state index contributed by atoms with van der Waals surface area (Å²) in [7, 11) is 0. The highest BCUT2D eigenvalue weighted by Gasteiger charge is 2.01. The van der Waals surface area contributed by atoms with Gasteiger partial charge in [0.15, 0.2) is 5.11 Å². The Balaban J connectivity index is 1.61. The summed E-state index contributed by atoms with van der Waals surface area (Å²) in [6, 6.07) is 14.7. The van der Waals surface area contributed by atoms with Crippen LogP contribution in [0.4, 0.5) is 5.69 Å². The fourth-order valence-corrected chi connectivity index (χ4v) is 3.73. The van der Waals surface area contributed by atoms with E-state index < -0.39 is 0 Å². The van der Waals surface area contributed by atoms with Gasteiger partial charge in [0.05, 0.1) is 0 Å². The minimum absolute atomic E-state index is 0.681. The molecule has 0 amide bonds. The maximum absolute atomic E-state index is 5.34. The Morgan fingerprint density at radius 3 is 2.67 bits per heavy atom. The van der Waals surface area contributed by atoms with Crippen molar-refractivity contribution in [2.45, 2.75) is 26.0 Å². The van der Waals surface area contributed by atoms with Crippen molar-refractivity contribution in [3.05, 3.63) is 63.6 Å². The van der Waals surface area contributed by atoms with Crippen LogP contribution in [0.3, 0.4) is 0 Å². The molecule has 128 valence electrons. The van der Waals surface area contributed by atoms with E-state index in [2.05, 4.69) is 70.7 Å². The lowest BCUT2D eigenvalue weighted by atomic mass is 10.1. The molecule has 2 nitrogen and oxygen atoms in total. The highest BCUT2D eigenvalue weighted by Crippen LogP contribution is 2.20. The number of anilines is 1. The molecule has 2 aromatic rings. The molecule has 0 atom stereocenters. The Hall–Kier alpha value is -1.04. The van der Waals surface area contributed by atoms with Crippen LogP contribution in [-0.2, 0) is 5.75 Å². The Bertz CT molecular complexity index is 689. The van der Waals surface area contributed by atoms with Gasteiger partial charge in [0.25, 0.3) is 0 Å². The highest BCUT2D eigenvalue weighted by atomic mass is 79.9. The van der Waals surface area contributed by atoms with Gasteiger partial charge < -0.3 is 10.6 Å². The van der Waals surface area contributed by atoms with Gasteiger partial charge in [-0.25, -0.2) is 0 Å². The molecule has 0 aromatic heterocycles. The van der Waals surface area contributed by atoms with Gasteiger partial charge in [0, 0.05) is 22.5 Å². The fourth-order valence-electron chi connectivity index (χ4n) is 2.23. The van der Waals surface area contributed by atoms with Gasteiger partial charge in [-0.3, -0.25) is 0 Å². The van der Waals surface area contributed by atoms with Gasteiger partial charge in [0.1, 0.15) is 0 Å². The Labute approximate surface area is 162 Å². The van der Waals surface area contributed by atoms with Gasteiger partial charge in [0.2, 0.25) is 0 Å². The quantitative estimate of drug-likeness (QED) is 0.442. The number of thiocarbonyl (C=S) groups is 1. The van der Waals surface area contributed by atoms with Crippen molar-refractivity contribution in [1.29, 1.82) is 0 Å². The third-order valence-electron chi connectivity index (χ3n) is 3.69. The molecule has 0 aliphatic rings. The number of rotatable bonds is 7. The Kier molecular flexibility index (Phi) is 8.09. The third kappa shape index (κ3) is 6.46. The molecule has 0 aliphatic carbocycles. The first kappa shape index (κ1) is 19.3. The summed E-state index contributed by atoms with van der Waals surface area (Å²) >= 11 is 10.8. The summed E-state index contributed by atoms with van der Waals surface area (Å²) in [5.41, 5.74) is 5.01. The number of hydrogen-bond acceptors (Lipinski definition) is 2. The zero-order valence-corrected chi connectivity index (χ0v) is 17.3. The second-order valence-electron chi connectivity index (χ2n) is 5.68. The molecule has 2 aromatic carbocycles. The van der Waals surface area contributed by atoms with Gasteiger partial charge in [-0.05, 0) is 73.1 Å². The molecule has 0 radical (unpaired) electrons. The van der Waals surface area contributed by atoms with Crippen molar-refractivity contribution < 1.29 is 0 Å². The fraction of sp³-hybridized carbons (Fsp3) is 0.316. The number of nitrogens with one attached hydrogen (secondary N) is 2. The first-order valence-corrected chi connectivity index (χ1v) is 10.3. The molecule has 2 N–H and O–H groups in total. The van der Waals surface area contributed by atoms with E-state index in [0.29, 0.717) is 5.11 Å². The number of thioether (sulfide) groups is 1. The average Bonchev–Trinajstić information content (AvgIpc) is 2.56. The van der Waals surface area contributed by atoms with Crippen molar-refractivity contribution in [1.82, 2.24) is 5.32 Å². The van der Waals surface area contributed by atoms with Gasteiger partial charge in [-0.1, -0.05) is 40.2 Å². The SMILES string of the molecule is Cc1cc(NC(=S)NCCCSCc2ccccc2C)ccc1Br. The second-order valence-corrected chi connectivity index (χ2v) is 8.05. The predicted octanol–water partition coefficient (Wildman–Crippen LogP) is 5.68. The normalized spacial score (nSPS) is 10.5. The summed E-state index contributed by atoms with van der Waals surface area (Å²) in [5.74, 6) is 2.20. The van der Waals surface area contributed by atoms with Crippen molar-refractivity contribution in [2.75, 3.05) is 17.6 Å². The molecule has 0 fully saturated rings. The van der Waals surface area contributed by atoms with Crippen LogP contribution in [0.5, 0.6) is 0 Å². The summed E-state index contributed by atoms with van der Waals surface area (Å²) in [6.45, 7) is 5.13. The maximum atomic E-state index is 5.34. The lowest BCUT2D eigenvalue weighted by molar-refractivity contribution is 0.854. The molecule has 0 heterocycles. The van der Waals surface area contributed by atoms with E-state index in [4.69, 9.17) is 12.2 Å². The van der Waals surface area contributed by atoms with Crippen LogP contribution in [0, 0.1) is 13.8 Å². The van der Waals surface area contributed by atoms with E-state index in [1.54, 1.807) is 0 Å². The molecule has 0 saturated heterocycles. The number of halogens is 1. The lowest BCUT2D eigenvalue weighted by Gasteiger charge is -2.11. The summed E-state index contributed by atoms with van der Waals surface area (Å²) in [6.07, 6.45) is 1.09. The number of aryl methyl sites for hydroxylation is 2. The molecule has 2 rings (SSSR count). The van der Waals surface area contributed by atoms with Crippen molar-refractivity contribution in [3.63, 3.8) is 0 Å². The molecule has 0 aliphatic heterocycles. The lowest BCUT2D eigenvalue weighted by Crippen LogP contribution is -2.29. The van der Waals surface area contributed by atoms with Crippen LogP contribution in [0.2, 0.25) is 0 Å². The van der Waals surface area contributed by atoms with Crippen LogP contribution < -0.4 is 10.6 Å². The van der Waals surface area contributed by atoms with E-state index in [9.17, 15) is 0 Å². The molecular formula is C19H23BrN2S2. The topological polar surface area (TPSA) is 24.1 Å². The van der Waals surface area contributed by atoms with E-state index in [1.165, 1.54) is 16.7 Å². The second kappa shape index (κ2) is 10.1. The summed E-state index contributed by atoms with van der Waals surface area (Å²) < 4.78 is 1.11. The van der Waals surface area contributed by atoms with Crippen molar-refractivity contribution >= 4 is 50.7 Å². The van der Waals surface area contributed by atoms with Crippen LogP contribution in [0.25, 0.3) is 0 Å². The molecular weight excluding hydrogens is 400 g/mol. The molecule has 0 spiro atoms. The summed E-state index contributed by atoms with van der Waals surface area (Å²) in [5, 5.41) is 7.18. The van der Waals surface area contributed by atoms with E-state index in [1.807, 2.05) is 23.9 Å². The smallest absolute Gasteiger partial charge is 0.170 e.